The molecule has 0 aromatic carbocycles. The molecule has 0 aliphatic heterocycles. The van der Waals surface area contributed by atoms with E-state index < -0.39 is 4.32 Å². The molecule has 0 aliphatic rings. The largest absolute Gasteiger partial charge is 0.463 e. The van der Waals surface area contributed by atoms with Crippen LogP contribution in [0.1, 0.15) is 13.8 Å². The fourth-order valence-electron chi connectivity index (χ4n) is 0.935. The lowest BCUT2D eigenvalue weighted by atomic mass is 10.2. The van der Waals surface area contributed by atoms with Gasteiger partial charge in [0.05, 0.1) is 6.54 Å². The van der Waals surface area contributed by atoms with Crippen molar-refractivity contribution in [1.29, 1.82) is 0 Å². The topological polar surface area (TPSA) is 31.2 Å². The van der Waals surface area contributed by atoms with Crippen LogP contribution < -0.4 is 0 Å². The highest BCUT2D eigenvalue weighted by molar-refractivity contribution is 9.10. The fraction of sp³-hybridized carbons (Fsp3) is 0.500. The third kappa shape index (κ3) is 3.54. The zero-order valence-electron chi connectivity index (χ0n) is 8.37. The molecule has 1 rings (SSSR count). The summed E-state index contributed by atoms with van der Waals surface area (Å²) in [6.45, 7) is 4.64. The van der Waals surface area contributed by atoms with Crippen LogP contribution in [0.4, 0.5) is 0 Å². The van der Waals surface area contributed by atoms with E-state index in [4.69, 9.17) is 4.74 Å². The minimum atomic E-state index is -0.594. The van der Waals surface area contributed by atoms with E-state index in [0.29, 0.717) is 13.2 Å². The molecule has 1 heterocycles. The number of ether oxygens (including phenoxy) is 1. The molecule has 0 bridgehead atoms. The first-order chi connectivity index (χ1) is 6.50. The Morgan fingerprint density at radius 2 is 2.00 bits per heavy atom. The van der Waals surface area contributed by atoms with Gasteiger partial charge >= 0.3 is 5.97 Å². The Morgan fingerprint density at radius 3 is 2.50 bits per heavy atom. The van der Waals surface area contributed by atoms with E-state index in [2.05, 4.69) is 15.9 Å². The average Bonchev–Trinajstić information content (AvgIpc) is 2.55. The molecule has 14 heavy (non-hydrogen) atoms. The molecule has 1 aromatic rings. The Morgan fingerprint density at radius 1 is 1.43 bits per heavy atom. The van der Waals surface area contributed by atoms with E-state index in [1.54, 1.807) is 13.8 Å². The highest BCUT2D eigenvalue weighted by atomic mass is 79.9. The summed E-state index contributed by atoms with van der Waals surface area (Å²) in [5, 5.41) is 0. The average molecular weight is 260 g/mol. The summed E-state index contributed by atoms with van der Waals surface area (Å²) in [7, 11) is 0. The smallest absolute Gasteiger partial charge is 0.322 e. The first kappa shape index (κ1) is 11.3. The van der Waals surface area contributed by atoms with Gasteiger partial charge in [-0.25, -0.2) is 0 Å². The van der Waals surface area contributed by atoms with Crippen molar-refractivity contribution in [1.82, 2.24) is 4.57 Å². The van der Waals surface area contributed by atoms with Crippen LogP contribution in [0.2, 0.25) is 0 Å². The minimum Gasteiger partial charge on any atom is -0.463 e. The molecule has 1 aromatic heterocycles. The van der Waals surface area contributed by atoms with Crippen LogP contribution in [0.5, 0.6) is 0 Å². The van der Waals surface area contributed by atoms with Gasteiger partial charge in [-0.1, -0.05) is 15.9 Å². The van der Waals surface area contributed by atoms with Gasteiger partial charge < -0.3 is 9.30 Å². The highest BCUT2D eigenvalue weighted by Gasteiger charge is 2.24. The SMILES string of the molecule is CC(C)(Br)C(=O)OCCn1cccc1. The van der Waals surface area contributed by atoms with E-state index in [1.165, 1.54) is 0 Å². The molecule has 0 spiro atoms. The van der Waals surface area contributed by atoms with E-state index in [9.17, 15) is 4.79 Å². The number of carbonyl (C=O) groups excluding carboxylic acids is 1. The highest BCUT2D eigenvalue weighted by Crippen LogP contribution is 2.17. The van der Waals surface area contributed by atoms with Crippen molar-refractivity contribution in [3.63, 3.8) is 0 Å². The molecular formula is C10H14BrNO2. The van der Waals surface area contributed by atoms with Crippen molar-refractivity contribution in [2.75, 3.05) is 6.61 Å². The van der Waals surface area contributed by atoms with Gasteiger partial charge in [-0.2, -0.15) is 0 Å². The van der Waals surface area contributed by atoms with Crippen LogP contribution in [0, 0.1) is 0 Å². The lowest BCUT2D eigenvalue weighted by molar-refractivity contribution is -0.145. The van der Waals surface area contributed by atoms with Crippen molar-refractivity contribution in [3.05, 3.63) is 24.5 Å². The second-order valence-electron chi connectivity index (χ2n) is 3.53. The normalized spacial score (nSPS) is 11.4. The lowest BCUT2D eigenvalue weighted by Gasteiger charge is -2.14. The molecule has 3 nitrogen and oxygen atoms in total. The first-order valence-corrected chi connectivity index (χ1v) is 5.26. The Bertz CT molecular complexity index is 288. The Hall–Kier alpha value is -0.770. The number of hydrogen-bond donors (Lipinski definition) is 0. The van der Waals surface area contributed by atoms with E-state index >= 15 is 0 Å². The van der Waals surface area contributed by atoms with E-state index in [0.717, 1.165) is 0 Å². The summed E-state index contributed by atoms with van der Waals surface area (Å²) in [5.74, 6) is -0.232. The predicted molar refractivity (Wildman–Crippen MR) is 58.4 cm³/mol. The fourth-order valence-corrected chi connectivity index (χ4v) is 1.05. The summed E-state index contributed by atoms with van der Waals surface area (Å²) >= 11 is 3.24. The predicted octanol–water partition coefficient (Wildman–Crippen LogP) is 2.20. The number of carbonyl (C=O) groups is 1. The van der Waals surface area contributed by atoms with Gasteiger partial charge in [-0.15, -0.1) is 0 Å². The molecule has 0 fully saturated rings. The van der Waals surface area contributed by atoms with Crippen LogP contribution >= 0.6 is 15.9 Å². The van der Waals surface area contributed by atoms with Crippen LogP contribution in [-0.2, 0) is 16.1 Å². The van der Waals surface area contributed by atoms with Crippen LogP contribution in [0.3, 0.4) is 0 Å². The summed E-state index contributed by atoms with van der Waals surface area (Å²) in [6, 6.07) is 3.88. The first-order valence-electron chi connectivity index (χ1n) is 4.47. The molecule has 0 saturated heterocycles. The number of rotatable bonds is 4. The number of nitrogens with zero attached hydrogens (tertiary/aromatic N) is 1. The summed E-state index contributed by atoms with van der Waals surface area (Å²) in [6.07, 6.45) is 3.88. The second-order valence-corrected chi connectivity index (χ2v) is 5.51. The summed E-state index contributed by atoms with van der Waals surface area (Å²) in [5.41, 5.74) is 0. The van der Waals surface area contributed by atoms with Gasteiger partial charge in [0.25, 0.3) is 0 Å². The third-order valence-corrected chi connectivity index (χ3v) is 2.06. The van der Waals surface area contributed by atoms with E-state index in [1.807, 2.05) is 29.1 Å². The molecule has 4 heteroatoms. The second kappa shape index (κ2) is 4.64. The van der Waals surface area contributed by atoms with Gasteiger partial charge in [0.2, 0.25) is 0 Å². The summed E-state index contributed by atoms with van der Waals surface area (Å²) in [4.78, 5) is 11.3. The molecule has 0 N–H and O–H groups in total. The van der Waals surface area contributed by atoms with Crippen molar-refractivity contribution in [3.8, 4) is 0 Å². The van der Waals surface area contributed by atoms with Gasteiger partial charge in [0, 0.05) is 12.4 Å². The zero-order chi connectivity index (χ0) is 10.6. The Balaban J connectivity index is 2.26. The molecule has 0 amide bonds. The number of hydrogen-bond acceptors (Lipinski definition) is 2. The maximum absolute atomic E-state index is 11.3. The molecule has 0 unspecified atom stereocenters. The quantitative estimate of drug-likeness (QED) is 0.614. The maximum Gasteiger partial charge on any atom is 0.322 e. The van der Waals surface area contributed by atoms with Gasteiger partial charge in [-0.3, -0.25) is 4.79 Å². The van der Waals surface area contributed by atoms with Crippen molar-refractivity contribution >= 4 is 21.9 Å². The van der Waals surface area contributed by atoms with Gasteiger partial charge in [0.1, 0.15) is 10.9 Å². The standard InChI is InChI=1S/C10H14BrNO2/c1-10(2,11)9(13)14-8-7-12-5-3-4-6-12/h3-6H,7-8H2,1-2H3. The van der Waals surface area contributed by atoms with Crippen molar-refractivity contribution < 1.29 is 9.53 Å². The maximum atomic E-state index is 11.3. The van der Waals surface area contributed by atoms with Crippen LogP contribution in [0.15, 0.2) is 24.5 Å². The van der Waals surface area contributed by atoms with Crippen LogP contribution in [0.25, 0.3) is 0 Å². The van der Waals surface area contributed by atoms with Gasteiger partial charge in [-0.05, 0) is 26.0 Å². The van der Waals surface area contributed by atoms with Crippen LogP contribution in [-0.4, -0.2) is 21.5 Å². The lowest BCUT2D eigenvalue weighted by Crippen LogP contribution is -2.27. The number of aromatic nitrogens is 1. The molecular weight excluding hydrogens is 246 g/mol. The minimum absolute atomic E-state index is 0.232. The number of halogens is 1. The Kier molecular flexibility index (Phi) is 3.75. The molecule has 0 aliphatic carbocycles. The third-order valence-electron chi connectivity index (χ3n) is 1.73. The number of alkyl halides is 1. The molecule has 0 saturated carbocycles. The van der Waals surface area contributed by atoms with E-state index in [-0.39, 0.29) is 5.97 Å². The monoisotopic (exact) mass is 259 g/mol. The summed E-state index contributed by atoms with van der Waals surface area (Å²) < 4.78 is 6.45. The van der Waals surface area contributed by atoms with Crippen molar-refractivity contribution in [2.24, 2.45) is 0 Å². The Labute approximate surface area is 92.2 Å². The molecule has 0 radical (unpaired) electrons. The molecule has 0 atom stereocenters. The van der Waals surface area contributed by atoms with Crippen molar-refractivity contribution in [2.45, 2.75) is 24.7 Å². The number of esters is 1. The zero-order valence-corrected chi connectivity index (χ0v) is 9.95. The van der Waals surface area contributed by atoms with Gasteiger partial charge in [0.15, 0.2) is 0 Å². The molecule has 78 valence electrons.